The summed E-state index contributed by atoms with van der Waals surface area (Å²) >= 11 is 1.72. The Morgan fingerprint density at radius 3 is 2.79 bits per heavy atom. The number of aryl methyl sites for hydroxylation is 1. The largest absolute Gasteiger partial charge is 0.378 e. The van der Waals surface area contributed by atoms with Crippen molar-refractivity contribution in [3.8, 4) is 0 Å². The fourth-order valence-electron chi connectivity index (χ4n) is 3.60. The quantitative estimate of drug-likeness (QED) is 0.820. The maximum Gasteiger partial charge on any atom is 0.223 e. The van der Waals surface area contributed by atoms with Gasteiger partial charge >= 0.3 is 0 Å². The highest BCUT2D eigenvalue weighted by Crippen LogP contribution is 2.30. The Kier molecular flexibility index (Phi) is 6.25. The molecule has 1 aromatic rings. The second kappa shape index (κ2) is 8.41. The number of nitrogens with zero attached hydrogens (tertiary/aromatic N) is 2. The van der Waals surface area contributed by atoms with Crippen molar-refractivity contribution in [3.63, 3.8) is 0 Å². The first kappa shape index (κ1) is 17.8. The number of hydrogen-bond acceptors (Lipinski definition) is 5. The molecule has 1 aromatic heterocycles. The summed E-state index contributed by atoms with van der Waals surface area (Å²) in [6.45, 7) is 8.82. The smallest absolute Gasteiger partial charge is 0.223 e. The zero-order valence-electron chi connectivity index (χ0n) is 14.8. The average molecular weight is 352 g/mol. The monoisotopic (exact) mass is 351 g/mol. The number of hydrogen-bond donors (Lipinski definition) is 1. The molecule has 0 radical (unpaired) electrons. The number of amides is 1. The summed E-state index contributed by atoms with van der Waals surface area (Å²) < 4.78 is 5.52. The maximum absolute atomic E-state index is 12.1. The van der Waals surface area contributed by atoms with E-state index in [4.69, 9.17) is 4.74 Å². The summed E-state index contributed by atoms with van der Waals surface area (Å²) in [5.41, 5.74) is 1.19. The van der Waals surface area contributed by atoms with Gasteiger partial charge in [0, 0.05) is 31.0 Å². The van der Waals surface area contributed by atoms with Crippen LogP contribution in [-0.4, -0.2) is 48.1 Å². The molecule has 2 heterocycles. The second-order valence-electron chi connectivity index (χ2n) is 7.07. The zero-order chi connectivity index (χ0) is 16.9. The van der Waals surface area contributed by atoms with Gasteiger partial charge in [0.1, 0.15) is 0 Å². The standard InChI is InChI=1S/C18H29N3O2S/c1-3-23-17-8-15(9-17)18(22)19-10-14-4-6-21(7-5-14)11-16-12-24-13(2)20-16/h12,14-15,17H,3-11H2,1-2H3,(H,19,22). The van der Waals surface area contributed by atoms with E-state index in [1.807, 2.05) is 6.92 Å². The average Bonchev–Trinajstić information content (AvgIpc) is 2.94. The number of ether oxygens (including phenoxy) is 1. The van der Waals surface area contributed by atoms with Gasteiger partial charge in [-0.2, -0.15) is 0 Å². The van der Waals surface area contributed by atoms with Crippen molar-refractivity contribution in [2.45, 2.75) is 52.2 Å². The lowest BCUT2D eigenvalue weighted by molar-refractivity contribution is -0.133. The second-order valence-corrected chi connectivity index (χ2v) is 8.13. The lowest BCUT2D eigenvalue weighted by atomic mass is 9.81. The van der Waals surface area contributed by atoms with Crippen LogP contribution < -0.4 is 5.32 Å². The summed E-state index contributed by atoms with van der Waals surface area (Å²) in [7, 11) is 0. The molecule has 134 valence electrons. The molecule has 6 heteroatoms. The molecule has 24 heavy (non-hydrogen) atoms. The van der Waals surface area contributed by atoms with Crippen LogP contribution in [0.3, 0.4) is 0 Å². The Labute approximate surface area is 148 Å². The number of aromatic nitrogens is 1. The number of nitrogens with one attached hydrogen (secondary N) is 1. The molecule has 1 N–H and O–H groups in total. The molecule has 1 saturated carbocycles. The highest BCUT2D eigenvalue weighted by Gasteiger charge is 2.35. The summed E-state index contributed by atoms with van der Waals surface area (Å²) in [4.78, 5) is 19.2. The molecule has 0 unspecified atom stereocenters. The number of rotatable bonds is 7. The molecule has 1 aliphatic carbocycles. The first-order valence-electron chi connectivity index (χ1n) is 9.16. The van der Waals surface area contributed by atoms with Gasteiger partial charge in [0.2, 0.25) is 5.91 Å². The summed E-state index contributed by atoms with van der Waals surface area (Å²) in [5.74, 6) is 1.02. The van der Waals surface area contributed by atoms with E-state index in [-0.39, 0.29) is 11.8 Å². The predicted octanol–water partition coefficient (Wildman–Crippen LogP) is 2.59. The van der Waals surface area contributed by atoms with Crippen LogP contribution in [0.5, 0.6) is 0 Å². The maximum atomic E-state index is 12.1. The van der Waals surface area contributed by atoms with Gasteiger partial charge < -0.3 is 10.1 Å². The van der Waals surface area contributed by atoms with Crippen LogP contribution in [0.4, 0.5) is 0 Å². The molecule has 0 bridgehead atoms. The van der Waals surface area contributed by atoms with Gasteiger partial charge in [-0.1, -0.05) is 0 Å². The number of likely N-dealkylation sites (tertiary alicyclic amines) is 1. The first-order chi connectivity index (χ1) is 11.6. The lowest BCUT2D eigenvalue weighted by Crippen LogP contribution is -2.45. The normalized spacial score (nSPS) is 25.4. The number of carbonyl (C=O) groups is 1. The van der Waals surface area contributed by atoms with Crippen molar-refractivity contribution < 1.29 is 9.53 Å². The Bertz CT molecular complexity index is 534. The van der Waals surface area contributed by atoms with Crippen molar-refractivity contribution in [3.05, 3.63) is 16.1 Å². The molecule has 0 spiro atoms. The molecular formula is C18H29N3O2S. The Morgan fingerprint density at radius 1 is 1.42 bits per heavy atom. The van der Waals surface area contributed by atoms with E-state index in [1.54, 1.807) is 11.3 Å². The van der Waals surface area contributed by atoms with E-state index in [0.717, 1.165) is 63.5 Å². The van der Waals surface area contributed by atoms with E-state index >= 15 is 0 Å². The van der Waals surface area contributed by atoms with E-state index < -0.39 is 0 Å². The molecule has 0 aromatic carbocycles. The van der Waals surface area contributed by atoms with E-state index in [0.29, 0.717) is 12.0 Å². The minimum Gasteiger partial charge on any atom is -0.378 e. The Morgan fingerprint density at radius 2 is 2.17 bits per heavy atom. The SMILES string of the molecule is CCOC1CC(C(=O)NCC2CCN(Cc3csc(C)n3)CC2)C1. The third-order valence-corrected chi connectivity index (χ3v) is 6.01. The van der Waals surface area contributed by atoms with Gasteiger partial charge in [-0.25, -0.2) is 4.98 Å². The van der Waals surface area contributed by atoms with Crippen LogP contribution in [0.15, 0.2) is 5.38 Å². The summed E-state index contributed by atoms with van der Waals surface area (Å²) in [6, 6.07) is 0. The number of thiazole rings is 1. The summed E-state index contributed by atoms with van der Waals surface area (Å²) in [5, 5.41) is 6.47. The first-order valence-corrected chi connectivity index (χ1v) is 10.0. The molecule has 1 amide bonds. The van der Waals surface area contributed by atoms with Crippen LogP contribution in [-0.2, 0) is 16.1 Å². The molecule has 5 nitrogen and oxygen atoms in total. The van der Waals surface area contributed by atoms with Gasteiger partial charge in [0.15, 0.2) is 0 Å². The molecule has 2 fully saturated rings. The third kappa shape index (κ3) is 4.77. The highest BCUT2D eigenvalue weighted by molar-refractivity contribution is 7.09. The molecule has 1 saturated heterocycles. The summed E-state index contributed by atoms with van der Waals surface area (Å²) in [6.07, 6.45) is 4.42. The minimum atomic E-state index is 0.176. The van der Waals surface area contributed by atoms with Crippen molar-refractivity contribution in [2.75, 3.05) is 26.2 Å². The van der Waals surface area contributed by atoms with E-state index in [1.165, 1.54) is 5.69 Å². The van der Waals surface area contributed by atoms with Gasteiger partial charge in [0.25, 0.3) is 0 Å². The van der Waals surface area contributed by atoms with Gasteiger partial charge in [0.05, 0.1) is 16.8 Å². The Hall–Kier alpha value is -0.980. The molecular weight excluding hydrogens is 322 g/mol. The topological polar surface area (TPSA) is 54.5 Å². The van der Waals surface area contributed by atoms with Crippen LogP contribution in [0.1, 0.15) is 43.3 Å². The van der Waals surface area contributed by atoms with Crippen LogP contribution >= 0.6 is 11.3 Å². The molecule has 0 atom stereocenters. The molecule has 1 aliphatic heterocycles. The highest BCUT2D eigenvalue weighted by atomic mass is 32.1. The minimum absolute atomic E-state index is 0.176. The number of piperidine rings is 1. The van der Waals surface area contributed by atoms with Crippen LogP contribution in [0.25, 0.3) is 0 Å². The van der Waals surface area contributed by atoms with Crippen molar-refractivity contribution in [1.82, 2.24) is 15.2 Å². The van der Waals surface area contributed by atoms with Crippen LogP contribution in [0.2, 0.25) is 0 Å². The fraction of sp³-hybridized carbons (Fsp3) is 0.778. The van der Waals surface area contributed by atoms with Crippen molar-refractivity contribution in [1.29, 1.82) is 0 Å². The Balaban J connectivity index is 1.30. The van der Waals surface area contributed by atoms with E-state index in [9.17, 15) is 4.79 Å². The van der Waals surface area contributed by atoms with Gasteiger partial charge in [-0.05, 0) is 58.5 Å². The van der Waals surface area contributed by atoms with Crippen LogP contribution in [0, 0.1) is 18.8 Å². The van der Waals surface area contributed by atoms with Crippen molar-refractivity contribution in [2.24, 2.45) is 11.8 Å². The predicted molar refractivity (Wildman–Crippen MR) is 96.0 cm³/mol. The molecule has 2 aliphatic rings. The zero-order valence-corrected chi connectivity index (χ0v) is 15.6. The van der Waals surface area contributed by atoms with Gasteiger partial charge in [-0.3, -0.25) is 9.69 Å². The number of carbonyl (C=O) groups excluding carboxylic acids is 1. The van der Waals surface area contributed by atoms with Gasteiger partial charge in [-0.15, -0.1) is 11.3 Å². The lowest BCUT2D eigenvalue weighted by Gasteiger charge is -2.35. The molecule has 3 rings (SSSR count). The van der Waals surface area contributed by atoms with Crippen molar-refractivity contribution >= 4 is 17.2 Å². The third-order valence-electron chi connectivity index (χ3n) is 5.19. The fourth-order valence-corrected chi connectivity index (χ4v) is 4.20. The van der Waals surface area contributed by atoms with E-state index in [2.05, 4.69) is 27.5 Å².